The lowest BCUT2D eigenvalue weighted by Gasteiger charge is -2.15. The third kappa shape index (κ3) is 6.09. The monoisotopic (exact) mass is 488 g/mol. The lowest BCUT2D eigenvalue weighted by molar-refractivity contribution is -0.136. The quantitative estimate of drug-likeness (QED) is 0.288. The molecule has 3 aromatic carbocycles. The normalized spacial score (nSPS) is 11.8. The molecule has 0 amide bonds. The Labute approximate surface area is 209 Å². The van der Waals surface area contributed by atoms with Gasteiger partial charge in [0.25, 0.3) is 0 Å². The van der Waals surface area contributed by atoms with Crippen molar-refractivity contribution in [1.29, 1.82) is 0 Å². The zero-order chi connectivity index (χ0) is 25.7. The Morgan fingerprint density at radius 2 is 1.92 bits per heavy atom. The fourth-order valence-corrected chi connectivity index (χ4v) is 4.04. The van der Waals surface area contributed by atoms with Crippen LogP contribution in [0, 0.1) is 5.82 Å². The Morgan fingerprint density at radius 1 is 1.14 bits per heavy atom. The van der Waals surface area contributed by atoms with E-state index in [0.29, 0.717) is 34.5 Å². The number of para-hydroxylation sites is 1. The van der Waals surface area contributed by atoms with Crippen LogP contribution in [-0.2, 0) is 31.4 Å². The second-order valence-corrected chi connectivity index (χ2v) is 8.73. The maximum Gasteiger partial charge on any atom is 0.307 e. The van der Waals surface area contributed by atoms with Crippen LogP contribution in [0.3, 0.4) is 0 Å². The van der Waals surface area contributed by atoms with E-state index >= 15 is 4.39 Å². The van der Waals surface area contributed by atoms with Gasteiger partial charge in [0.15, 0.2) is 0 Å². The van der Waals surface area contributed by atoms with Crippen LogP contribution in [0.1, 0.15) is 35.2 Å². The Balaban J connectivity index is 1.66. The van der Waals surface area contributed by atoms with Crippen LogP contribution in [0.2, 0.25) is 0 Å². The molecular formula is C28H29FN4O3. The molecule has 1 heterocycles. The van der Waals surface area contributed by atoms with Crippen LogP contribution in [0.4, 0.5) is 10.2 Å². The molecule has 1 aromatic heterocycles. The van der Waals surface area contributed by atoms with Crippen molar-refractivity contribution in [3.63, 3.8) is 0 Å². The number of carbonyl (C=O) groups is 1. The summed E-state index contributed by atoms with van der Waals surface area (Å²) < 4.78 is 23.1. The standard InChI is InChI=1S/C28H29FN4O3/c1-18(30)23-7-5-8-24(28(23)29)22-13-19(16-31-26-10-11-33(2)32-26)12-20(14-22)17-36-25-9-4-3-6-21(25)15-27(34)35/h3-14,18H,15-17,30H2,1-2H3,(H,31,32)(H,34,35)/t18-/m1/s1. The minimum absolute atomic E-state index is 0.134. The number of anilines is 1. The first-order chi connectivity index (χ1) is 17.3. The lowest BCUT2D eigenvalue weighted by atomic mass is 9.96. The molecule has 7 nitrogen and oxygen atoms in total. The van der Waals surface area contributed by atoms with Gasteiger partial charge in [-0.15, -0.1) is 0 Å². The van der Waals surface area contributed by atoms with Gasteiger partial charge in [-0.1, -0.05) is 42.5 Å². The molecule has 36 heavy (non-hydrogen) atoms. The molecule has 4 aromatic rings. The summed E-state index contributed by atoms with van der Waals surface area (Å²) in [4.78, 5) is 11.2. The smallest absolute Gasteiger partial charge is 0.307 e. The Morgan fingerprint density at radius 3 is 2.64 bits per heavy atom. The molecule has 0 radical (unpaired) electrons. The van der Waals surface area contributed by atoms with E-state index in [2.05, 4.69) is 10.4 Å². The molecule has 4 N–H and O–H groups in total. The van der Waals surface area contributed by atoms with E-state index in [-0.39, 0.29) is 18.8 Å². The highest BCUT2D eigenvalue weighted by molar-refractivity contribution is 5.71. The van der Waals surface area contributed by atoms with Crippen LogP contribution in [-0.4, -0.2) is 20.9 Å². The number of carboxylic acids is 1. The minimum Gasteiger partial charge on any atom is -0.489 e. The SMILES string of the molecule is C[C@@H](N)c1cccc(-c2cc(CNc3ccn(C)n3)cc(COc3ccccc3CC(=O)O)c2)c1F. The largest absolute Gasteiger partial charge is 0.489 e. The zero-order valence-corrected chi connectivity index (χ0v) is 20.2. The van der Waals surface area contributed by atoms with Gasteiger partial charge in [0.05, 0.1) is 6.42 Å². The van der Waals surface area contributed by atoms with E-state index < -0.39 is 12.0 Å². The second kappa shape index (κ2) is 11.0. The van der Waals surface area contributed by atoms with Gasteiger partial charge in [0.2, 0.25) is 0 Å². The second-order valence-electron chi connectivity index (χ2n) is 8.73. The average Bonchev–Trinajstić information content (AvgIpc) is 3.27. The predicted octanol–water partition coefficient (Wildman–Crippen LogP) is 5.06. The molecule has 0 fully saturated rings. The van der Waals surface area contributed by atoms with Gasteiger partial charge in [0.1, 0.15) is 24.0 Å². The summed E-state index contributed by atoms with van der Waals surface area (Å²) in [6, 6.07) is 19.5. The van der Waals surface area contributed by atoms with Crippen molar-refractivity contribution in [2.45, 2.75) is 32.5 Å². The number of aromatic nitrogens is 2. The molecular weight excluding hydrogens is 459 g/mol. The first kappa shape index (κ1) is 24.9. The Bertz CT molecular complexity index is 1370. The molecule has 0 unspecified atom stereocenters. The number of rotatable bonds is 10. The minimum atomic E-state index is -0.930. The summed E-state index contributed by atoms with van der Waals surface area (Å²) in [5, 5.41) is 16.8. The van der Waals surface area contributed by atoms with Crippen molar-refractivity contribution in [3.05, 3.63) is 101 Å². The third-order valence-corrected chi connectivity index (χ3v) is 5.78. The lowest BCUT2D eigenvalue weighted by Crippen LogP contribution is -2.08. The fourth-order valence-electron chi connectivity index (χ4n) is 4.04. The number of ether oxygens (including phenoxy) is 1. The molecule has 4 rings (SSSR count). The van der Waals surface area contributed by atoms with Crippen LogP contribution in [0.25, 0.3) is 11.1 Å². The van der Waals surface area contributed by atoms with E-state index in [9.17, 15) is 9.90 Å². The number of aryl methyl sites for hydroxylation is 1. The summed E-state index contributed by atoms with van der Waals surface area (Å²) in [5.41, 5.74) is 9.91. The number of aliphatic carboxylic acids is 1. The Kier molecular flexibility index (Phi) is 7.65. The number of benzene rings is 3. The van der Waals surface area contributed by atoms with Crippen LogP contribution in [0.15, 0.2) is 72.9 Å². The topological polar surface area (TPSA) is 102 Å². The maximum absolute atomic E-state index is 15.4. The molecule has 0 aliphatic heterocycles. The average molecular weight is 489 g/mol. The molecule has 0 aliphatic carbocycles. The van der Waals surface area contributed by atoms with Gasteiger partial charge in [-0.25, -0.2) is 4.39 Å². The first-order valence-corrected chi connectivity index (χ1v) is 11.6. The van der Waals surface area contributed by atoms with Crippen LogP contribution in [0.5, 0.6) is 5.75 Å². The van der Waals surface area contributed by atoms with Crippen molar-refractivity contribution in [2.24, 2.45) is 12.8 Å². The van der Waals surface area contributed by atoms with Gasteiger partial charge < -0.3 is 20.9 Å². The molecule has 0 saturated heterocycles. The molecule has 8 heteroatoms. The number of nitrogens with zero attached hydrogens (tertiary/aromatic N) is 2. The van der Waals surface area contributed by atoms with Crippen molar-refractivity contribution in [1.82, 2.24) is 9.78 Å². The summed E-state index contributed by atoms with van der Waals surface area (Å²) in [6.07, 6.45) is 1.71. The van der Waals surface area contributed by atoms with Gasteiger partial charge in [-0.3, -0.25) is 9.48 Å². The van der Waals surface area contributed by atoms with E-state index in [1.807, 2.05) is 37.5 Å². The van der Waals surface area contributed by atoms with Gasteiger partial charge in [-0.2, -0.15) is 5.10 Å². The maximum atomic E-state index is 15.4. The van der Waals surface area contributed by atoms with Crippen LogP contribution < -0.4 is 15.8 Å². The molecule has 186 valence electrons. The van der Waals surface area contributed by atoms with E-state index in [4.69, 9.17) is 10.5 Å². The predicted molar refractivity (Wildman–Crippen MR) is 137 cm³/mol. The molecule has 0 bridgehead atoms. The summed E-state index contributed by atoms with van der Waals surface area (Å²) in [6.45, 7) is 2.42. The van der Waals surface area contributed by atoms with E-state index in [0.717, 1.165) is 16.9 Å². The highest BCUT2D eigenvalue weighted by atomic mass is 19.1. The summed E-state index contributed by atoms with van der Waals surface area (Å²) in [5.74, 6) is -0.0431. The molecule has 0 aliphatic rings. The highest BCUT2D eigenvalue weighted by Crippen LogP contribution is 2.30. The summed E-state index contributed by atoms with van der Waals surface area (Å²) >= 11 is 0. The molecule has 0 spiro atoms. The Hall–Kier alpha value is -4.17. The van der Waals surface area contributed by atoms with E-state index in [1.165, 1.54) is 0 Å². The number of nitrogens with one attached hydrogen (secondary N) is 1. The van der Waals surface area contributed by atoms with Crippen molar-refractivity contribution in [3.8, 4) is 16.9 Å². The highest BCUT2D eigenvalue weighted by Gasteiger charge is 2.15. The number of hydrogen-bond donors (Lipinski definition) is 3. The van der Waals surface area contributed by atoms with Crippen molar-refractivity contribution < 1.29 is 19.0 Å². The zero-order valence-electron chi connectivity index (χ0n) is 20.2. The fraction of sp³-hybridized carbons (Fsp3) is 0.214. The number of nitrogens with two attached hydrogens (primary N) is 1. The van der Waals surface area contributed by atoms with Crippen molar-refractivity contribution >= 4 is 11.8 Å². The first-order valence-electron chi connectivity index (χ1n) is 11.6. The molecule has 0 saturated carbocycles. The van der Waals surface area contributed by atoms with E-state index in [1.54, 1.807) is 54.1 Å². The number of hydrogen-bond acceptors (Lipinski definition) is 5. The van der Waals surface area contributed by atoms with Gasteiger partial charge in [-0.05, 0) is 41.8 Å². The number of carboxylic acid groups (broad SMARTS) is 1. The third-order valence-electron chi connectivity index (χ3n) is 5.78. The van der Waals surface area contributed by atoms with Gasteiger partial charge >= 0.3 is 5.97 Å². The van der Waals surface area contributed by atoms with Gasteiger partial charge in [0, 0.05) is 48.6 Å². The van der Waals surface area contributed by atoms with Crippen LogP contribution >= 0.6 is 0 Å². The molecule has 1 atom stereocenters. The number of halogens is 1. The van der Waals surface area contributed by atoms with Crippen molar-refractivity contribution in [2.75, 3.05) is 5.32 Å². The summed E-state index contributed by atoms with van der Waals surface area (Å²) in [7, 11) is 1.84.